The molecular weight excluding hydrogens is 436 g/mol. The van der Waals surface area contributed by atoms with Gasteiger partial charge in [0.25, 0.3) is 0 Å². The Bertz CT molecular complexity index is 1120. The third-order valence-corrected chi connectivity index (χ3v) is 9.97. The molecule has 2 aromatic carbocycles. The van der Waals surface area contributed by atoms with E-state index in [-0.39, 0.29) is 16.4 Å². The first-order valence-electron chi connectivity index (χ1n) is 14.7. The second-order valence-electron chi connectivity index (χ2n) is 13.0. The molecule has 0 aromatic heterocycles. The molecule has 0 bridgehead atoms. The molecule has 0 saturated heterocycles. The van der Waals surface area contributed by atoms with E-state index in [1.165, 1.54) is 81.8 Å². The normalized spacial score (nSPS) is 24.7. The van der Waals surface area contributed by atoms with Crippen LogP contribution in [0.1, 0.15) is 103 Å². The molecule has 0 heterocycles. The summed E-state index contributed by atoms with van der Waals surface area (Å²) >= 11 is 0. The van der Waals surface area contributed by atoms with Crippen LogP contribution in [0.4, 0.5) is 0 Å². The lowest BCUT2D eigenvalue weighted by atomic mass is 9.31. The number of hydrogen-bond acceptors (Lipinski definition) is 1. The topological polar surface area (TPSA) is 9.23 Å². The van der Waals surface area contributed by atoms with Gasteiger partial charge in [-0.15, -0.1) is 0 Å². The second-order valence-corrected chi connectivity index (χ2v) is 13.0. The fourth-order valence-electron chi connectivity index (χ4n) is 8.56. The van der Waals surface area contributed by atoms with Gasteiger partial charge in [-0.25, -0.2) is 0 Å². The van der Waals surface area contributed by atoms with Crippen molar-refractivity contribution in [2.24, 2.45) is 10.8 Å². The standard InChI is InChI=1S/C35H44O/c1-32(2,3)36-24-14-5-4-7-15-27-20-23-33(25-27)26-35(34(33)21-12-6-13-22-34)30-18-10-8-16-28(30)29-17-9-11-19-31(29)35/h8-11,16-20,23,25H,4-7,12-15,21-22,24,26H2,1-3H3. The van der Waals surface area contributed by atoms with Crippen molar-refractivity contribution >= 4 is 0 Å². The van der Waals surface area contributed by atoms with Crippen LogP contribution in [-0.4, -0.2) is 12.2 Å². The maximum atomic E-state index is 5.90. The minimum absolute atomic E-state index is 0.0106. The van der Waals surface area contributed by atoms with Crippen molar-refractivity contribution in [3.8, 4) is 11.1 Å². The highest BCUT2D eigenvalue weighted by Crippen LogP contribution is 2.80. The number of allylic oxidation sites excluding steroid dienone is 4. The van der Waals surface area contributed by atoms with E-state index in [4.69, 9.17) is 4.74 Å². The van der Waals surface area contributed by atoms with Gasteiger partial charge in [0.1, 0.15) is 0 Å². The predicted molar refractivity (Wildman–Crippen MR) is 151 cm³/mol. The third kappa shape index (κ3) is 3.60. The van der Waals surface area contributed by atoms with Gasteiger partial charge < -0.3 is 4.74 Å². The van der Waals surface area contributed by atoms with Crippen molar-refractivity contribution in [1.29, 1.82) is 0 Å². The Hall–Kier alpha value is -2.12. The summed E-state index contributed by atoms with van der Waals surface area (Å²) in [5.74, 6) is 0. The molecule has 0 aliphatic heterocycles. The van der Waals surface area contributed by atoms with E-state index < -0.39 is 0 Å². The second kappa shape index (κ2) is 9.02. The van der Waals surface area contributed by atoms with Crippen LogP contribution in [0.15, 0.2) is 72.3 Å². The van der Waals surface area contributed by atoms with Gasteiger partial charge in [0.15, 0.2) is 0 Å². The summed E-state index contributed by atoms with van der Waals surface area (Å²) in [4.78, 5) is 0. The van der Waals surface area contributed by atoms with E-state index in [0.29, 0.717) is 5.41 Å². The summed E-state index contributed by atoms with van der Waals surface area (Å²) in [5, 5.41) is 0. The SMILES string of the molecule is CC(C)(C)OCCCCCCC1=CC2(C=C1)CC1(c3ccccc3-c3ccccc31)C21CCCCC1. The smallest absolute Gasteiger partial charge is 0.0598 e. The Morgan fingerprint density at radius 2 is 1.42 bits per heavy atom. The van der Waals surface area contributed by atoms with Gasteiger partial charge in [-0.3, -0.25) is 0 Å². The summed E-state index contributed by atoms with van der Waals surface area (Å²) < 4.78 is 5.90. The lowest BCUT2D eigenvalue weighted by molar-refractivity contribution is -0.112. The highest BCUT2D eigenvalue weighted by molar-refractivity contribution is 5.83. The largest absolute Gasteiger partial charge is 0.376 e. The van der Waals surface area contributed by atoms with Gasteiger partial charge in [0, 0.05) is 17.4 Å². The summed E-state index contributed by atoms with van der Waals surface area (Å²) in [6.45, 7) is 7.33. The number of rotatable bonds is 7. The molecule has 1 nitrogen and oxygen atoms in total. The molecule has 2 fully saturated rings. The van der Waals surface area contributed by atoms with Crippen molar-refractivity contribution in [2.45, 2.75) is 102 Å². The molecule has 1 heteroatoms. The summed E-state index contributed by atoms with van der Waals surface area (Å²) in [7, 11) is 0. The van der Waals surface area contributed by atoms with Crippen LogP contribution in [0.2, 0.25) is 0 Å². The van der Waals surface area contributed by atoms with Crippen LogP contribution >= 0.6 is 0 Å². The molecule has 4 aliphatic carbocycles. The van der Waals surface area contributed by atoms with Gasteiger partial charge in [-0.1, -0.05) is 104 Å². The maximum absolute atomic E-state index is 5.90. The molecule has 0 N–H and O–H groups in total. The maximum Gasteiger partial charge on any atom is 0.0598 e. The summed E-state index contributed by atoms with van der Waals surface area (Å²) in [6, 6.07) is 18.7. The van der Waals surface area contributed by atoms with Gasteiger partial charge in [-0.05, 0) is 87.0 Å². The first kappa shape index (κ1) is 24.2. The average molecular weight is 481 g/mol. The summed E-state index contributed by atoms with van der Waals surface area (Å²) in [6.07, 6.45) is 22.3. The number of ether oxygens (including phenoxy) is 1. The van der Waals surface area contributed by atoms with Crippen molar-refractivity contribution < 1.29 is 4.74 Å². The lowest BCUT2D eigenvalue weighted by Crippen LogP contribution is -2.67. The molecule has 4 aliphatic rings. The summed E-state index contributed by atoms with van der Waals surface area (Å²) in [5.41, 5.74) is 8.56. The van der Waals surface area contributed by atoms with Gasteiger partial charge in [-0.2, -0.15) is 0 Å². The number of fused-ring (bicyclic) bond motifs is 7. The first-order valence-corrected chi connectivity index (χ1v) is 14.7. The molecule has 0 amide bonds. The minimum Gasteiger partial charge on any atom is -0.376 e. The zero-order valence-corrected chi connectivity index (χ0v) is 22.7. The van der Waals surface area contributed by atoms with E-state index >= 15 is 0 Å². The van der Waals surface area contributed by atoms with Gasteiger partial charge in [0.2, 0.25) is 0 Å². The lowest BCUT2D eigenvalue weighted by Gasteiger charge is -2.71. The molecule has 3 spiro atoms. The van der Waals surface area contributed by atoms with Crippen molar-refractivity contribution in [1.82, 2.24) is 0 Å². The molecule has 0 radical (unpaired) electrons. The van der Waals surface area contributed by atoms with Crippen molar-refractivity contribution in [3.63, 3.8) is 0 Å². The predicted octanol–water partition coefficient (Wildman–Crippen LogP) is 9.56. The Morgan fingerprint density at radius 1 is 0.778 bits per heavy atom. The molecule has 1 unspecified atom stereocenters. The molecular formula is C35H44O. The molecule has 6 rings (SSSR count). The van der Waals surface area contributed by atoms with Gasteiger partial charge >= 0.3 is 0 Å². The van der Waals surface area contributed by atoms with E-state index in [0.717, 1.165) is 6.61 Å². The van der Waals surface area contributed by atoms with Crippen LogP contribution in [0, 0.1) is 10.8 Å². The van der Waals surface area contributed by atoms with E-state index in [9.17, 15) is 0 Å². The Labute approximate surface area is 219 Å². The quantitative estimate of drug-likeness (QED) is 0.358. The third-order valence-electron chi connectivity index (χ3n) is 9.97. The van der Waals surface area contributed by atoms with Crippen molar-refractivity contribution in [2.75, 3.05) is 6.61 Å². The zero-order valence-electron chi connectivity index (χ0n) is 22.7. The van der Waals surface area contributed by atoms with Crippen LogP contribution in [-0.2, 0) is 10.2 Å². The molecule has 190 valence electrons. The highest BCUT2D eigenvalue weighted by Gasteiger charge is 2.74. The van der Waals surface area contributed by atoms with Crippen LogP contribution in [0.25, 0.3) is 11.1 Å². The van der Waals surface area contributed by atoms with Crippen LogP contribution in [0.3, 0.4) is 0 Å². The van der Waals surface area contributed by atoms with Crippen LogP contribution < -0.4 is 0 Å². The van der Waals surface area contributed by atoms with E-state index in [1.807, 2.05) is 0 Å². The van der Waals surface area contributed by atoms with Crippen molar-refractivity contribution in [3.05, 3.63) is 83.5 Å². The van der Waals surface area contributed by atoms with Crippen LogP contribution in [0.5, 0.6) is 0 Å². The fraction of sp³-hybridized carbons (Fsp3) is 0.543. The fourth-order valence-corrected chi connectivity index (χ4v) is 8.56. The monoisotopic (exact) mass is 480 g/mol. The average Bonchev–Trinajstić information content (AvgIpc) is 3.44. The molecule has 2 saturated carbocycles. The Morgan fingerprint density at radius 3 is 2.08 bits per heavy atom. The first-order chi connectivity index (χ1) is 17.4. The Kier molecular flexibility index (Phi) is 6.07. The number of hydrogen-bond donors (Lipinski definition) is 0. The van der Waals surface area contributed by atoms with E-state index in [1.54, 1.807) is 16.7 Å². The molecule has 36 heavy (non-hydrogen) atoms. The number of benzene rings is 2. The number of unbranched alkanes of at least 4 members (excludes halogenated alkanes) is 3. The minimum atomic E-state index is -0.0106. The molecule has 2 aromatic rings. The van der Waals surface area contributed by atoms with E-state index in [2.05, 4.69) is 87.5 Å². The highest BCUT2D eigenvalue weighted by atomic mass is 16.5. The molecule has 1 atom stereocenters. The Balaban J connectivity index is 1.22. The zero-order chi connectivity index (χ0) is 24.9. The van der Waals surface area contributed by atoms with Gasteiger partial charge in [0.05, 0.1) is 5.60 Å².